The molecule has 0 amide bonds. The third-order valence-electron chi connectivity index (χ3n) is 6.96. The van der Waals surface area contributed by atoms with E-state index in [9.17, 15) is 9.90 Å². The van der Waals surface area contributed by atoms with E-state index in [0.717, 1.165) is 66.2 Å². The summed E-state index contributed by atoms with van der Waals surface area (Å²) in [4.78, 5) is 20.6. The molecule has 3 aromatic rings. The van der Waals surface area contributed by atoms with Crippen LogP contribution in [0.2, 0.25) is 0 Å². The molecule has 37 heavy (non-hydrogen) atoms. The fourth-order valence-corrected chi connectivity index (χ4v) is 4.62. The van der Waals surface area contributed by atoms with Crippen LogP contribution in [0.3, 0.4) is 0 Å². The van der Waals surface area contributed by atoms with E-state index in [1.54, 1.807) is 12.1 Å². The number of likely N-dealkylation sites (N-methyl/N-ethyl adjacent to an activating group) is 1. The zero-order valence-corrected chi connectivity index (χ0v) is 21.5. The number of ether oxygens (including phenoxy) is 1. The maximum absolute atomic E-state index is 11.4. The number of hydrogen-bond acceptors (Lipinski definition) is 5. The van der Waals surface area contributed by atoms with Crippen molar-refractivity contribution in [1.29, 1.82) is 0 Å². The average molecular weight is 496 g/mol. The van der Waals surface area contributed by atoms with Gasteiger partial charge in [-0.05, 0) is 74.3 Å². The van der Waals surface area contributed by atoms with Gasteiger partial charge >= 0.3 is 5.97 Å². The number of likely N-dealkylation sites (tertiary alicyclic amines) is 1. The standard InChI is InChI=1S/C31H33N3O3/c1-5-24-10-12-25(13-11-24)21-37-30-8-6-7-28(32-30)26-15-17-34(18-16-26)20-23(3)33(4)29-19-27(31(35)36)14-9-22(29)2/h1,6-14,19,26H,3,15-18,20-21H2,2,4H3,(H,35,36). The van der Waals surface area contributed by atoms with Gasteiger partial charge in [0.05, 0.1) is 5.56 Å². The highest BCUT2D eigenvalue weighted by atomic mass is 16.5. The number of carboxylic acid groups (broad SMARTS) is 1. The third-order valence-corrected chi connectivity index (χ3v) is 6.96. The molecular weight excluding hydrogens is 462 g/mol. The SMILES string of the molecule is C#Cc1ccc(COc2cccc(C3CCN(CC(=C)N(C)c4cc(C(=O)O)ccc4C)CC3)n2)cc1. The van der Waals surface area contributed by atoms with Crippen molar-refractivity contribution in [3.05, 3.63) is 101 Å². The summed E-state index contributed by atoms with van der Waals surface area (Å²) in [6.07, 6.45) is 7.44. The summed E-state index contributed by atoms with van der Waals surface area (Å²) in [5.74, 6) is 2.71. The lowest BCUT2D eigenvalue weighted by molar-refractivity contribution is 0.0697. The zero-order chi connectivity index (χ0) is 26.4. The minimum atomic E-state index is -0.927. The van der Waals surface area contributed by atoms with Crippen molar-refractivity contribution in [3.8, 4) is 18.2 Å². The molecule has 190 valence electrons. The van der Waals surface area contributed by atoms with Crippen LogP contribution in [0.5, 0.6) is 5.88 Å². The second kappa shape index (κ2) is 11.8. The number of piperidine rings is 1. The molecule has 0 atom stereocenters. The summed E-state index contributed by atoms with van der Waals surface area (Å²) < 4.78 is 5.94. The maximum Gasteiger partial charge on any atom is 0.335 e. The monoisotopic (exact) mass is 495 g/mol. The van der Waals surface area contributed by atoms with Crippen molar-refractivity contribution < 1.29 is 14.6 Å². The summed E-state index contributed by atoms with van der Waals surface area (Å²) in [7, 11) is 1.95. The highest BCUT2D eigenvalue weighted by molar-refractivity contribution is 5.89. The van der Waals surface area contributed by atoms with Crippen molar-refractivity contribution in [2.24, 2.45) is 0 Å². The van der Waals surface area contributed by atoms with Gasteiger partial charge in [-0.2, -0.15) is 0 Å². The van der Waals surface area contributed by atoms with Crippen LogP contribution in [0.15, 0.2) is 72.9 Å². The van der Waals surface area contributed by atoms with E-state index in [1.807, 2.05) is 61.3 Å². The number of benzene rings is 2. The van der Waals surface area contributed by atoms with Gasteiger partial charge in [0, 0.05) is 48.2 Å². The molecule has 1 N–H and O–H groups in total. The van der Waals surface area contributed by atoms with E-state index in [-0.39, 0.29) is 5.56 Å². The molecule has 1 fully saturated rings. The number of pyridine rings is 1. The molecule has 6 heteroatoms. The third kappa shape index (κ3) is 6.58. The number of nitrogens with zero attached hydrogens (tertiary/aromatic N) is 3. The predicted molar refractivity (Wildman–Crippen MR) is 147 cm³/mol. The summed E-state index contributed by atoms with van der Waals surface area (Å²) in [5.41, 5.74) is 6.08. The van der Waals surface area contributed by atoms with Crippen molar-refractivity contribution >= 4 is 11.7 Å². The van der Waals surface area contributed by atoms with Crippen LogP contribution in [0.25, 0.3) is 0 Å². The topological polar surface area (TPSA) is 65.9 Å². The number of hydrogen-bond donors (Lipinski definition) is 1. The molecule has 2 heterocycles. The molecule has 0 unspecified atom stereocenters. The van der Waals surface area contributed by atoms with Crippen LogP contribution in [-0.2, 0) is 6.61 Å². The van der Waals surface area contributed by atoms with Gasteiger partial charge in [0.2, 0.25) is 5.88 Å². The average Bonchev–Trinajstić information content (AvgIpc) is 2.92. The Labute approximate surface area is 219 Å². The van der Waals surface area contributed by atoms with Gasteiger partial charge in [-0.1, -0.05) is 36.8 Å². The van der Waals surface area contributed by atoms with Crippen molar-refractivity contribution in [1.82, 2.24) is 9.88 Å². The molecule has 1 aliphatic heterocycles. The minimum absolute atomic E-state index is 0.279. The van der Waals surface area contributed by atoms with Gasteiger partial charge in [-0.15, -0.1) is 6.42 Å². The second-order valence-electron chi connectivity index (χ2n) is 9.51. The Morgan fingerprint density at radius 1 is 1.19 bits per heavy atom. The van der Waals surface area contributed by atoms with Gasteiger partial charge in [-0.25, -0.2) is 9.78 Å². The Morgan fingerprint density at radius 2 is 1.92 bits per heavy atom. The lowest BCUT2D eigenvalue weighted by Gasteiger charge is -2.34. The van der Waals surface area contributed by atoms with Crippen LogP contribution in [0.1, 0.15) is 51.5 Å². The van der Waals surface area contributed by atoms with Gasteiger partial charge in [0.15, 0.2) is 0 Å². The molecular formula is C31H33N3O3. The van der Waals surface area contributed by atoms with Crippen molar-refractivity contribution in [2.45, 2.75) is 32.3 Å². The van der Waals surface area contributed by atoms with E-state index < -0.39 is 5.97 Å². The van der Waals surface area contributed by atoms with Crippen molar-refractivity contribution in [3.63, 3.8) is 0 Å². The van der Waals surface area contributed by atoms with Crippen LogP contribution < -0.4 is 9.64 Å². The summed E-state index contributed by atoms with van der Waals surface area (Å²) in [5, 5.41) is 9.35. The van der Waals surface area contributed by atoms with E-state index in [2.05, 4.69) is 23.5 Å². The lowest BCUT2D eigenvalue weighted by Crippen LogP contribution is -2.37. The fourth-order valence-electron chi connectivity index (χ4n) is 4.62. The first-order valence-corrected chi connectivity index (χ1v) is 12.5. The number of carbonyl (C=O) groups is 1. The first-order valence-electron chi connectivity index (χ1n) is 12.5. The number of aryl methyl sites for hydroxylation is 1. The quantitative estimate of drug-likeness (QED) is 0.397. The van der Waals surface area contributed by atoms with E-state index in [0.29, 0.717) is 18.4 Å². The second-order valence-corrected chi connectivity index (χ2v) is 9.51. The van der Waals surface area contributed by atoms with Gasteiger partial charge < -0.3 is 14.7 Å². The molecule has 0 saturated carbocycles. The molecule has 1 saturated heterocycles. The molecule has 1 aliphatic rings. The largest absolute Gasteiger partial charge is 0.478 e. The minimum Gasteiger partial charge on any atom is -0.478 e. The maximum atomic E-state index is 11.4. The molecule has 1 aromatic heterocycles. The number of anilines is 1. The van der Waals surface area contributed by atoms with Crippen LogP contribution >= 0.6 is 0 Å². The molecule has 0 spiro atoms. The first-order chi connectivity index (χ1) is 17.8. The van der Waals surface area contributed by atoms with E-state index >= 15 is 0 Å². The predicted octanol–water partition coefficient (Wildman–Crippen LogP) is 5.48. The lowest BCUT2D eigenvalue weighted by atomic mass is 9.93. The van der Waals surface area contributed by atoms with Crippen LogP contribution in [-0.4, -0.2) is 47.6 Å². The highest BCUT2D eigenvalue weighted by Crippen LogP contribution is 2.29. The number of aromatic nitrogens is 1. The summed E-state index contributed by atoms with van der Waals surface area (Å²) >= 11 is 0. The van der Waals surface area contributed by atoms with Gasteiger partial charge in [-0.3, -0.25) is 4.90 Å². The molecule has 0 radical (unpaired) electrons. The molecule has 4 rings (SSSR count). The Hall–Kier alpha value is -4.08. The van der Waals surface area contributed by atoms with Crippen LogP contribution in [0.4, 0.5) is 5.69 Å². The Kier molecular flexibility index (Phi) is 8.27. The Morgan fingerprint density at radius 3 is 2.59 bits per heavy atom. The fraction of sp³-hybridized carbons (Fsp3) is 0.290. The molecule has 2 aromatic carbocycles. The smallest absolute Gasteiger partial charge is 0.335 e. The van der Waals surface area contributed by atoms with Crippen LogP contribution in [0, 0.1) is 19.3 Å². The number of carboxylic acids is 1. The van der Waals surface area contributed by atoms with Crippen molar-refractivity contribution in [2.75, 3.05) is 31.6 Å². The zero-order valence-electron chi connectivity index (χ0n) is 21.5. The normalized spacial score (nSPS) is 14.1. The summed E-state index contributed by atoms with van der Waals surface area (Å²) in [6, 6.07) is 19.0. The van der Waals surface area contributed by atoms with Gasteiger partial charge in [0.1, 0.15) is 6.61 Å². The number of rotatable bonds is 9. The Bertz CT molecular complexity index is 1300. The van der Waals surface area contributed by atoms with E-state index in [1.165, 1.54) is 0 Å². The summed E-state index contributed by atoms with van der Waals surface area (Å²) in [6.45, 7) is 9.33. The molecule has 6 nitrogen and oxygen atoms in total. The Balaban J connectivity index is 1.30. The highest BCUT2D eigenvalue weighted by Gasteiger charge is 2.23. The first kappa shape index (κ1) is 26.0. The van der Waals surface area contributed by atoms with E-state index in [4.69, 9.17) is 16.1 Å². The number of terminal acetylenes is 1. The molecule has 0 aliphatic carbocycles. The molecule has 0 bridgehead atoms. The number of aromatic carboxylic acids is 1. The van der Waals surface area contributed by atoms with Gasteiger partial charge in [0.25, 0.3) is 0 Å².